The number of ether oxygens (including phenoxy) is 2. The Balaban J connectivity index is 1.20. The molecule has 0 fully saturated rings. The second-order valence-electron chi connectivity index (χ2n) is 16.6. The quantitative estimate of drug-likeness (QED) is 0.160. The van der Waals surface area contributed by atoms with Crippen LogP contribution >= 0.6 is 0 Å². The Bertz CT molecular complexity index is 2990. The SMILES string of the molecule is Cc1cc(C)c(-c2cccc3c2-c2cc4c(cc2C3(c2cccc(-c3cccc(-c5ccccc5)c3)c2)c2cccc(-c3cccc(-c5ccccc5)c3)c2)OCO4)c(C)c1. The lowest BCUT2D eigenvalue weighted by atomic mass is 9.66. The third-order valence-corrected chi connectivity index (χ3v) is 12.8. The van der Waals surface area contributed by atoms with Gasteiger partial charge in [-0.3, -0.25) is 0 Å². The molecular formula is C59H44O2. The summed E-state index contributed by atoms with van der Waals surface area (Å²) in [6, 6.07) is 73.6. The smallest absolute Gasteiger partial charge is 0.231 e. The first kappa shape index (κ1) is 36.6. The first-order chi connectivity index (χ1) is 30.0. The fourth-order valence-electron chi connectivity index (χ4n) is 10.2. The number of aryl methyl sites for hydroxylation is 3. The van der Waals surface area contributed by atoms with Crippen LogP contribution in [-0.2, 0) is 5.41 Å². The van der Waals surface area contributed by atoms with Crippen LogP contribution in [0.3, 0.4) is 0 Å². The molecule has 0 N–H and O–H groups in total. The van der Waals surface area contributed by atoms with E-state index in [-0.39, 0.29) is 6.79 Å². The van der Waals surface area contributed by atoms with Crippen LogP contribution in [-0.4, -0.2) is 6.79 Å². The van der Waals surface area contributed by atoms with Crippen molar-refractivity contribution in [1.82, 2.24) is 0 Å². The fourth-order valence-corrected chi connectivity index (χ4v) is 10.2. The van der Waals surface area contributed by atoms with E-state index in [1.807, 2.05) is 0 Å². The van der Waals surface area contributed by atoms with Crippen LogP contribution < -0.4 is 9.47 Å². The Labute approximate surface area is 358 Å². The molecule has 9 aromatic rings. The molecule has 2 heteroatoms. The van der Waals surface area contributed by atoms with E-state index in [0.29, 0.717) is 0 Å². The van der Waals surface area contributed by atoms with E-state index in [9.17, 15) is 0 Å². The van der Waals surface area contributed by atoms with E-state index in [0.717, 1.165) is 11.5 Å². The molecule has 1 heterocycles. The molecular weight excluding hydrogens is 741 g/mol. The average Bonchev–Trinajstić information content (AvgIpc) is 3.89. The van der Waals surface area contributed by atoms with Crippen LogP contribution in [0.1, 0.15) is 38.9 Å². The van der Waals surface area contributed by atoms with Gasteiger partial charge in [-0.2, -0.15) is 0 Å². The van der Waals surface area contributed by atoms with E-state index >= 15 is 0 Å². The van der Waals surface area contributed by atoms with Gasteiger partial charge in [0.2, 0.25) is 6.79 Å². The van der Waals surface area contributed by atoms with Crippen LogP contribution in [0.25, 0.3) is 66.8 Å². The van der Waals surface area contributed by atoms with Gasteiger partial charge in [-0.05, 0) is 157 Å². The topological polar surface area (TPSA) is 18.5 Å². The van der Waals surface area contributed by atoms with E-state index in [1.54, 1.807) is 0 Å². The number of fused-ring (bicyclic) bond motifs is 4. The molecule has 0 saturated heterocycles. The predicted molar refractivity (Wildman–Crippen MR) is 251 cm³/mol. The first-order valence-electron chi connectivity index (χ1n) is 21.1. The van der Waals surface area contributed by atoms with Gasteiger partial charge in [-0.15, -0.1) is 0 Å². The van der Waals surface area contributed by atoms with Crippen molar-refractivity contribution in [3.8, 4) is 78.3 Å². The molecule has 0 spiro atoms. The van der Waals surface area contributed by atoms with Crippen LogP contribution in [0.2, 0.25) is 0 Å². The van der Waals surface area contributed by atoms with E-state index in [1.165, 1.54) is 106 Å². The van der Waals surface area contributed by atoms with Gasteiger partial charge < -0.3 is 9.47 Å². The summed E-state index contributed by atoms with van der Waals surface area (Å²) in [6.45, 7) is 6.89. The Morgan fingerprint density at radius 1 is 0.344 bits per heavy atom. The minimum Gasteiger partial charge on any atom is -0.454 e. The van der Waals surface area contributed by atoms with Crippen molar-refractivity contribution < 1.29 is 9.47 Å². The summed E-state index contributed by atoms with van der Waals surface area (Å²) in [5.74, 6) is 1.56. The molecule has 0 amide bonds. The summed E-state index contributed by atoms with van der Waals surface area (Å²) in [5, 5.41) is 0. The summed E-state index contributed by atoms with van der Waals surface area (Å²) in [5.41, 5.74) is 22.3. The number of hydrogen-bond acceptors (Lipinski definition) is 2. The highest BCUT2D eigenvalue weighted by molar-refractivity contribution is 5.98. The monoisotopic (exact) mass is 784 g/mol. The maximum absolute atomic E-state index is 6.23. The molecule has 2 nitrogen and oxygen atoms in total. The molecule has 2 aliphatic rings. The lowest BCUT2D eigenvalue weighted by Crippen LogP contribution is -2.28. The third kappa shape index (κ3) is 6.09. The zero-order valence-corrected chi connectivity index (χ0v) is 34.6. The van der Waals surface area contributed by atoms with Gasteiger partial charge in [0.05, 0.1) is 5.41 Å². The second-order valence-corrected chi connectivity index (χ2v) is 16.6. The molecule has 0 radical (unpaired) electrons. The van der Waals surface area contributed by atoms with Crippen molar-refractivity contribution in [3.63, 3.8) is 0 Å². The van der Waals surface area contributed by atoms with Gasteiger partial charge in [-0.1, -0.05) is 169 Å². The molecule has 1 aliphatic carbocycles. The summed E-state index contributed by atoms with van der Waals surface area (Å²) in [7, 11) is 0. The maximum Gasteiger partial charge on any atom is 0.231 e. The lowest BCUT2D eigenvalue weighted by molar-refractivity contribution is 0.174. The van der Waals surface area contributed by atoms with Crippen LogP contribution in [0.5, 0.6) is 11.5 Å². The number of benzene rings is 9. The van der Waals surface area contributed by atoms with Crippen LogP contribution in [0.15, 0.2) is 200 Å². The van der Waals surface area contributed by atoms with Gasteiger partial charge in [0.25, 0.3) is 0 Å². The summed E-state index contributed by atoms with van der Waals surface area (Å²) in [4.78, 5) is 0. The van der Waals surface area contributed by atoms with Gasteiger partial charge in [-0.25, -0.2) is 0 Å². The molecule has 0 unspecified atom stereocenters. The number of hydrogen-bond donors (Lipinski definition) is 0. The highest BCUT2D eigenvalue weighted by Gasteiger charge is 2.48. The van der Waals surface area contributed by atoms with E-state index in [4.69, 9.17) is 9.47 Å². The van der Waals surface area contributed by atoms with E-state index in [2.05, 4.69) is 221 Å². The standard InChI is InChI=1S/C59H44O2/c1-38-29-39(2)57(40(3)30-38)51-27-14-28-53-58(51)52-35-55-56(61-37-60-55)36-54(52)59(53,49-25-12-23-47(33-49)45-21-10-19-43(31-45)41-15-6-4-7-16-41)50-26-13-24-48(34-50)46-22-11-20-44(32-46)42-17-8-5-9-18-42/h4-36H,37H2,1-3H3. The third-order valence-electron chi connectivity index (χ3n) is 12.8. The van der Waals surface area contributed by atoms with Crippen molar-refractivity contribution in [1.29, 1.82) is 0 Å². The predicted octanol–water partition coefficient (Wildman–Crippen LogP) is 15.0. The van der Waals surface area contributed by atoms with Gasteiger partial charge in [0, 0.05) is 0 Å². The lowest BCUT2D eigenvalue weighted by Gasteiger charge is -2.35. The van der Waals surface area contributed by atoms with Crippen molar-refractivity contribution >= 4 is 0 Å². The summed E-state index contributed by atoms with van der Waals surface area (Å²) < 4.78 is 12.4. The molecule has 0 atom stereocenters. The Morgan fingerprint density at radius 2 is 0.787 bits per heavy atom. The molecule has 0 aromatic heterocycles. The molecule has 11 rings (SSSR count). The van der Waals surface area contributed by atoms with Crippen molar-refractivity contribution in [2.75, 3.05) is 6.79 Å². The molecule has 0 bridgehead atoms. The summed E-state index contributed by atoms with van der Waals surface area (Å²) in [6.07, 6.45) is 0. The first-order valence-corrected chi connectivity index (χ1v) is 21.1. The molecule has 1 aliphatic heterocycles. The van der Waals surface area contributed by atoms with Gasteiger partial charge in [0.15, 0.2) is 11.5 Å². The largest absolute Gasteiger partial charge is 0.454 e. The molecule has 9 aromatic carbocycles. The molecule has 61 heavy (non-hydrogen) atoms. The van der Waals surface area contributed by atoms with Crippen LogP contribution in [0, 0.1) is 20.8 Å². The maximum atomic E-state index is 6.23. The van der Waals surface area contributed by atoms with Crippen LogP contribution in [0.4, 0.5) is 0 Å². The minimum atomic E-state index is -0.714. The number of rotatable bonds is 7. The Morgan fingerprint density at radius 3 is 1.33 bits per heavy atom. The molecule has 0 saturated carbocycles. The Kier molecular flexibility index (Phi) is 8.83. The Hall–Kier alpha value is -7.42. The second kappa shape index (κ2) is 14.7. The summed E-state index contributed by atoms with van der Waals surface area (Å²) >= 11 is 0. The average molecular weight is 785 g/mol. The minimum absolute atomic E-state index is 0.205. The van der Waals surface area contributed by atoms with Crippen molar-refractivity contribution in [3.05, 3.63) is 239 Å². The molecule has 292 valence electrons. The van der Waals surface area contributed by atoms with Crippen molar-refractivity contribution in [2.24, 2.45) is 0 Å². The van der Waals surface area contributed by atoms with Gasteiger partial charge >= 0.3 is 0 Å². The van der Waals surface area contributed by atoms with Crippen molar-refractivity contribution in [2.45, 2.75) is 26.2 Å². The van der Waals surface area contributed by atoms with E-state index < -0.39 is 5.41 Å². The zero-order chi connectivity index (χ0) is 41.1. The fraction of sp³-hybridized carbons (Fsp3) is 0.0847. The normalized spacial score (nSPS) is 13.2. The zero-order valence-electron chi connectivity index (χ0n) is 34.6. The van der Waals surface area contributed by atoms with Gasteiger partial charge in [0.1, 0.15) is 0 Å². The highest BCUT2D eigenvalue weighted by atomic mass is 16.7. The highest BCUT2D eigenvalue weighted by Crippen LogP contribution is 2.61.